The number of rotatable bonds is 6. The molecule has 1 fully saturated rings. The van der Waals surface area contributed by atoms with Crippen LogP contribution >= 0.6 is 12.4 Å². The van der Waals surface area contributed by atoms with Crippen LogP contribution < -0.4 is 11.1 Å². The number of halogens is 1. The summed E-state index contributed by atoms with van der Waals surface area (Å²) >= 11 is 0. The Balaban J connectivity index is 0.00000264. The van der Waals surface area contributed by atoms with Crippen LogP contribution in [0.2, 0.25) is 0 Å². The molecule has 0 radical (unpaired) electrons. The van der Waals surface area contributed by atoms with Crippen LogP contribution in [0.15, 0.2) is 24.3 Å². The highest BCUT2D eigenvalue weighted by Crippen LogP contribution is 2.37. The van der Waals surface area contributed by atoms with Crippen molar-refractivity contribution in [1.29, 1.82) is 0 Å². The van der Waals surface area contributed by atoms with Crippen molar-refractivity contribution < 1.29 is 14.7 Å². The molecule has 0 bridgehead atoms. The Morgan fingerprint density at radius 2 is 1.74 bits per heavy atom. The number of amides is 1. The predicted octanol–water partition coefficient (Wildman–Crippen LogP) is 3.14. The number of carbonyl (C=O) groups excluding carboxylic acids is 1. The number of hydrogen-bond acceptors (Lipinski definition) is 3. The molecule has 5 nitrogen and oxygen atoms in total. The van der Waals surface area contributed by atoms with E-state index in [1.54, 1.807) is 0 Å². The van der Waals surface area contributed by atoms with Crippen LogP contribution in [0.1, 0.15) is 50.0 Å². The molecular weight excluding hydrogens is 316 g/mol. The van der Waals surface area contributed by atoms with Crippen LogP contribution in [0, 0.1) is 5.92 Å². The monoisotopic (exact) mass is 340 g/mol. The number of carbonyl (C=O) groups is 2. The zero-order valence-electron chi connectivity index (χ0n) is 13.2. The lowest BCUT2D eigenvalue weighted by Crippen LogP contribution is -2.17. The molecule has 2 rings (SSSR count). The lowest BCUT2D eigenvalue weighted by atomic mass is 9.77. The van der Waals surface area contributed by atoms with Crippen LogP contribution in [-0.2, 0) is 9.59 Å². The van der Waals surface area contributed by atoms with Crippen molar-refractivity contribution in [3.8, 4) is 0 Å². The molecule has 0 aliphatic heterocycles. The SMILES string of the molecule is Cl.NCCC(=O)Nc1ccc([C@H]2CC[C@H](CC(=O)O)CC2)cc1. The minimum Gasteiger partial charge on any atom is -0.481 e. The summed E-state index contributed by atoms with van der Waals surface area (Å²) in [6, 6.07) is 7.96. The fourth-order valence-corrected chi connectivity index (χ4v) is 3.14. The van der Waals surface area contributed by atoms with Gasteiger partial charge in [0.15, 0.2) is 0 Å². The zero-order chi connectivity index (χ0) is 15.9. The van der Waals surface area contributed by atoms with Crippen molar-refractivity contribution in [2.45, 2.75) is 44.4 Å². The molecule has 1 aliphatic rings. The Hall–Kier alpha value is -1.59. The Kier molecular flexibility index (Phi) is 8.06. The number of aliphatic carboxylic acids is 1. The highest BCUT2D eigenvalue weighted by molar-refractivity contribution is 5.90. The molecular formula is C17H25ClN2O3. The van der Waals surface area contributed by atoms with Gasteiger partial charge >= 0.3 is 5.97 Å². The molecule has 4 N–H and O–H groups in total. The first-order valence-corrected chi connectivity index (χ1v) is 7.90. The summed E-state index contributed by atoms with van der Waals surface area (Å²) in [5.74, 6) is 0.0628. The van der Waals surface area contributed by atoms with Crippen LogP contribution in [0.25, 0.3) is 0 Å². The van der Waals surface area contributed by atoms with E-state index in [9.17, 15) is 9.59 Å². The van der Waals surface area contributed by atoms with Gasteiger partial charge in [0.05, 0.1) is 0 Å². The summed E-state index contributed by atoms with van der Waals surface area (Å²) in [5.41, 5.74) is 7.41. The average molecular weight is 341 g/mol. The highest BCUT2D eigenvalue weighted by Gasteiger charge is 2.23. The molecule has 6 heteroatoms. The first-order valence-electron chi connectivity index (χ1n) is 7.90. The molecule has 0 heterocycles. The average Bonchev–Trinajstić information content (AvgIpc) is 2.48. The molecule has 0 aromatic heterocycles. The fourth-order valence-electron chi connectivity index (χ4n) is 3.14. The van der Waals surface area contributed by atoms with E-state index in [0.717, 1.165) is 31.4 Å². The second-order valence-electron chi connectivity index (χ2n) is 6.02. The summed E-state index contributed by atoms with van der Waals surface area (Å²) in [5, 5.41) is 11.7. The molecule has 1 aliphatic carbocycles. The summed E-state index contributed by atoms with van der Waals surface area (Å²) < 4.78 is 0. The van der Waals surface area contributed by atoms with Gasteiger partial charge in [-0.15, -0.1) is 12.4 Å². The second kappa shape index (κ2) is 9.53. The van der Waals surface area contributed by atoms with Crippen molar-refractivity contribution >= 4 is 30.0 Å². The third kappa shape index (κ3) is 6.20. The van der Waals surface area contributed by atoms with Crippen molar-refractivity contribution in [3.63, 3.8) is 0 Å². The molecule has 1 amide bonds. The number of nitrogens with two attached hydrogens (primary N) is 1. The van der Waals surface area contributed by atoms with Gasteiger partial charge in [0.1, 0.15) is 0 Å². The standard InChI is InChI=1S/C17H24N2O3.ClH/c18-10-9-16(20)19-15-7-5-14(6-8-15)13-3-1-12(2-4-13)11-17(21)22;/h5-8,12-13H,1-4,9-11,18H2,(H,19,20)(H,21,22);1H/t12-,13-;. The molecule has 1 aromatic rings. The summed E-state index contributed by atoms with van der Waals surface area (Å²) in [4.78, 5) is 22.2. The normalized spacial score (nSPS) is 20.4. The first-order chi connectivity index (χ1) is 10.6. The number of anilines is 1. The van der Waals surface area contributed by atoms with E-state index < -0.39 is 5.97 Å². The number of carboxylic acid groups (broad SMARTS) is 1. The van der Waals surface area contributed by atoms with Gasteiger partial charge < -0.3 is 16.2 Å². The maximum Gasteiger partial charge on any atom is 0.303 e. The van der Waals surface area contributed by atoms with Crippen LogP contribution in [0.4, 0.5) is 5.69 Å². The van der Waals surface area contributed by atoms with Gasteiger partial charge in [-0.2, -0.15) is 0 Å². The van der Waals surface area contributed by atoms with Crippen molar-refractivity contribution in [2.75, 3.05) is 11.9 Å². The molecule has 0 spiro atoms. The third-order valence-electron chi connectivity index (χ3n) is 4.35. The Morgan fingerprint density at radius 1 is 1.13 bits per heavy atom. The molecule has 0 saturated heterocycles. The van der Waals surface area contributed by atoms with E-state index in [4.69, 9.17) is 10.8 Å². The Labute approximate surface area is 143 Å². The van der Waals surface area contributed by atoms with Gasteiger partial charge in [-0.25, -0.2) is 0 Å². The largest absolute Gasteiger partial charge is 0.481 e. The number of nitrogens with one attached hydrogen (secondary N) is 1. The van der Waals surface area contributed by atoms with Crippen molar-refractivity contribution in [3.05, 3.63) is 29.8 Å². The molecule has 0 unspecified atom stereocenters. The van der Waals surface area contributed by atoms with Crippen molar-refractivity contribution in [1.82, 2.24) is 0 Å². The minimum absolute atomic E-state index is 0. The smallest absolute Gasteiger partial charge is 0.303 e. The topological polar surface area (TPSA) is 92.4 Å². The number of carboxylic acids is 1. The quantitative estimate of drug-likeness (QED) is 0.741. The Morgan fingerprint density at radius 3 is 2.26 bits per heavy atom. The van der Waals surface area contributed by atoms with Crippen LogP contribution in [-0.4, -0.2) is 23.5 Å². The summed E-state index contributed by atoms with van der Waals surface area (Å²) in [7, 11) is 0. The molecule has 1 aromatic carbocycles. The molecule has 0 atom stereocenters. The maximum absolute atomic E-state index is 11.5. The second-order valence-corrected chi connectivity index (χ2v) is 6.02. The molecule has 1 saturated carbocycles. The van der Waals surface area contributed by atoms with Gasteiger partial charge in [-0.05, 0) is 55.2 Å². The Bertz CT molecular complexity index is 511. The van der Waals surface area contributed by atoms with E-state index in [-0.39, 0.29) is 18.3 Å². The number of hydrogen-bond donors (Lipinski definition) is 3. The highest BCUT2D eigenvalue weighted by atomic mass is 35.5. The van der Waals surface area contributed by atoms with E-state index in [2.05, 4.69) is 17.4 Å². The first kappa shape index (κ1) is 19.5. The minimum atomic E-state index is -0.693. The van der Waals surface area contributed by atoms with Gasteiger partial charge in [0.2, 0.25) is 5.91 Å². The third-order valence-corrected chi connectivity index (χ3v) is 4.35. The number of benzene rings is 1. The van der Waals surface area contributed by atoms with Gasteiger partial charge in [0.25, 0.3) is 0 Å². The van der Waals surface area contributed by atoms with E-state index >= 15 is 0 Å². The van der Waals surface area contributed by atoms with Gasteiger partial charge in [0, 0.05) is 25.1 Å². The van der Waals surface area contributed by atoms with Crippen LogP contribution in [0.3, 0.4) is 0 Å². The fraction of sp³-hybridized carbons (Fsp3) is 0.529. The predicted molar refractivity (Wildman–Crippen MR) is 92.9 cm³/mol. The zero-order valence-corrected chi connectivity index (χ0v) is 14.0. The van der Waals surface area contributed by atoms with E-state index in [1.807, 2.05) is 12.1 Å². The van der Waals surface area contributed by atoms with Gasteiger partial charge in [-0.1, -0.05) is 12.1 Å². The molecule has 23 heavy (non-hydrogen) atoms. The van der Waals surface area contributed by atoms with E-state index in [0.29, 0.717) is 31.2 Å². The van der Waals surface area contributed by atoms with Crippen molar-refractivity contribution in [2.24, 2.45) is 11.7 Å². The van der Waals surface area contributed by atoms with Gasteiger partial charge in [-0.3, -0.25) is 9.59 Å². The van der Waals surface area contributed by atoms with E-state index in [1.165, 1.54) is 5.56 Å². The lowest BCUT2D eigenvalue weighted by molar-refractivity contribution is -0.138. The lowest BCUT2D eigenvalue weighted by Gasteiger charge is -2.28. The summed E-state index contributed by atoms with van der Waals surface area (Å²) in [6.07, 6.45) is 4.65. The summed E-state index contributed by atoms with van der Waals surface area (Å²) in [6.45, 7) is 0.351. The molecule has 128 valence electrons. The maximum atomic E-state index is 11.5. The van der Waals surface area contributed by atoms with Crippen LogP contribution in [0.5, 0.6) is 0 Å².